The van der Waals surface area contributed by atoms with Crippen LogP contribution in [-0.2, 0) is 16.0 Å². The maximum absolute atomic E-state index is 13.6. The van der Waals surface area contributed by atoms with Gasteiger partial charge in [-0.25, -0.2) is 4.39 Å². The van der Waals surface area contributed by atoms with Gasteiger partial charge in [0.1, 0.15) is 11.9 Å². The molecule has 0 bridgehead atoms. The van der Waals surface area contributed by atoms with Gasteiger partial charge in [0.15, 0.2) is 0 Å². The third-order valence-electron chi connectivity index (χ3n) is 3.25. The van der Waals surface area contributed by atoms with Gasteiger partial charge in [0.25, 0.3) is 0 Å². The van der Waals surface area contributed by atoms with Crippen LogP contribution in [0.1, 0.15) is 24.8 Å². The first-order valence-corrected chi connectivity index (χ1v) is 7.36. The van der Waals surface area contributed by atoms with Gasteiger partial charge in [-0.3, -0.25) is 9.59 Å². The van der Waals surface area contributed by atoms with Crippen LogP contribution in [0.4, 0.5) is 4.39 Å². The van der Waals surface area contributed by atoms with Crippen molar-refractivity contribution >= 4 is 27.7 Å². The quantitative estimate of drug-likeness (QED) is 0.803. The molecule has 0 aromatic heterocycles. The van der Waals surface area contributed by atoms with Gasteiger partial charge >= 0.3 is 0 Å². The van der Waals surface area contributed by atoms with Crippen molar-refractivity contribution in [3.63, 3.8) is 0 Å². The van der Waals surface area contributed by atoms with Gasteiger partial charge in [0.2, 0.25) is 11.8 Å². The van der Waals surface area contributed by atoms with Crippen LogP contribution in [0.2, 0.25) is 0 Å². The summed E-state index contributed by atoms with van der Waals surface area (Å²) in [6, 6.07) is 4.55. The lowest BCUT2D eigenvalue weighted by molar-refractivity contribution is -0.125. The Kier molecular flexibility index (Phi) is 5.11. The summed E-state index contributed by atoms with van der Waals surface area (Å²) in [6.07, 6.45) is 2.18. The minimum absolute atomic E-state index is 0.0814. The lowest BCUT2D eigenvalue weighted by atomic mass is 10.1. The fourth-order valence-electron chi connectivity index (χ4n) is 2.15. The van der Waals surface area contributed by atoms with Crippen LogP contribution in [-0.4, -0.2) is 24.4 Å². The first kappa shape index (κ1) is 15.0. The number of carbonyl (C=O) groups is 2. The SMILES string of the molecule is O=C1CC[C@H](C(=O)NCCCc2ccc(Br)cc2F)N1. The maximum atomic E-state index is 13.6. The molecule has 1 aliphatic heterocycles. The molecule has 2 amide bonds. The summed E-state index contributed by atoms with van der Waals surface area (Å²) in [6.45, 7) is 0.473. The van der Waals surface area contributed by atoms with Gasteiger partial charge in [-0.05, 0) is 37.0 Å². The molecule has 2 N–H and O–H groups in total. The van der Waals surface area contributed by atoms with E-state index < -0.39 is 6.04 Å². The molecule has 1 saturated heterocycles. The number of aryl methyl sites for hydroxylation is 1. The summed E-state index contributed by atoms with van der Waals surface area (Å²) < 4.78 is 14.3. The molecule has 1 atom stereocenters. The van der Waals surface area contributed by atoms with Crippen LogP contribution < -0.4 is 10.6 Å². The molecule has 1 fully saturated rings. The molecule has 1 aromatic rings. The van der Waals surface area contributed by atoms with Gasteiger partial charge in [-0.15, -0.1) is 0 Å². The van der Waals surface area contributed by atoms with Gasteiger partial charge < -0.3 is 10.6 Å². The van der Waals surface area contributed by atoms with Crippen LogP contribution in [0, 0.1) is 5.82 Å². The van der Waals surface area contributed by atoms with Crippen LogP contribution >= 0.6 is 15.9 Å². The maximum Gasteiger partial charge on any atom is 0.242 e. The van der Waals surface area contributed by atoms with E-state index in [1.54, 1.807) is 12.1 Å². The van der Waals surface area contributed by atoms with Crippen molar-refractivity contribution in [1.82, 2.24) is 10.6 Å². The summed E-state index contributed by atoms with van der Waals surface area (Å²) >= 11 is 3.21. The van der Waals surface area contributed by atoms with E-state index in [1.807, 2.05) is 0 Å². The summed E-state index contributed by atoms with van der Waals surface area (Å²) in [5, 5.41) is 5.37. The predicted octanol–water partition coefficient (Wildman–Crippen LogP) is 1.92. The molecule has 6 heteroatoms. The summed E-state index contributed by atoms with van der Waals surface area (Å²) in [5.74, 6) is -0.483. The highest BCUT2D eigenvalue weighted by molar-refractivity contribution is 9.10. The number of halogens is 2. The summed E-state index contributed by atoms with van der Waals surface area (Å²) in [7, 11) is 0. The monoisotopic (exact) mass is 342 g/mol. The van der Waals surface area contributed by atoms with Gasteiger partial charge in [-0.2, -0.15) is 0 Å². The zero-order valence-electron chi connectivity index (χ0n) is 10.9. The Morgan fingerprint density at radius 2 is 2.30 bits per heavy atom. The van der Waals surface area contributed by atoms with E-state index in [2.05, 4.69) is 26.6 Å². The molecule has 0 aliphatic carbocycles. The van der Waals surface area contributed by atoms with Crippen LogP contribution in [0.3, 0.4) is 0 Å². The van der Waals surface area contributed by atoms with E-state index in [0.29, 0.717) is 42.3 Å². The molecular weight excluding hydrogens is 327 g/mol. The molecule has 108 valence electrons. The third-order valence-corrected chi connectivity index (χ3v) is 3.74. The van der Waals surface area contributed by atoms with Crippen LogP contribution in [0.15, 0.2) is 22.7 Å². The van der Waals surface area contributed by atoms with Gasteiger partial charge in [0.05, 0.1) is 0 Å². The second kappa shape index (κ2) is 6.83. The Balaban J connectivity index is 1.71. The van der Waals surface area contributed by atoms with E-state index in [1.165, 1.54) is 6.07 Å². The van der Waals surface area contributed by atoms with E-state index >= 15 is 0 Å². The number of hydrogen-bond acceptors (Lipinski definition) is 2. The molecule has 1 aliphatic rings. The number of benzene rings is 1. The first-order valence-electron chi connectivity index (χ1n) is 6.57. The van der Waals surface area contributed by atoms with Crippen molar-refractivity contribution in [2.45, 2.75) is 31.7 Å². The second-order valence-electron chi connectivity index (χ2n) is 4.79. The average Bonchev–Trinajstić information content (AvgIpc) is 2.83. The molecule has 0 radical (unpaired) electrons. The molecule has 2 rings (SSSR count). The molecule has 0 saturated carbocycles. The zero-order chi connectivity index (χ0) is 14.5. The topological polar surface area (TPSA) is 58.2 Å². The van der Waals surface area contributed by atoms with E-state index in [4.69, 9.17) is 0 Å². The standard InChI is InChI=1S/C14H16BrFN2O2/c15-10-4-3-9(11(16)8-10)2-1-7-17-14(20)12-5-6-13(19)18-12/h3-4,8,12H,1-2,5-7H2,(H,17,20)(H,18,19)/t12-/m1/s1. The van der Waals surface area contributed by atoms with Crippen LogP contribution in [0.5, 0.6) is 0 Å². The van der Waals surface area contributed by atoms with Crippen LogP contribution in [0.25, 0.3) is 0 Å². The van der Waals surface area contributed by atoms with Crippen molar-refractivity contribution < 1.29 is 14.0 Å². The fourth-order valence-corrected chi connectivity index (χ4v) is 2.48. The Morgan fingerprint density at radius 1 is 1.50 bits per heavy atom. The Hall–Kier alpha value is -1.43. The highest BCUT2D eigenvalue weighted by atomic mass is 79.9. The zero-order valence-corrected chi connectivity index (χ0v) is 12.5. The van der Waals surface area contributed by atoms with Gasteiger partial charge in [-0.1, -0.05) is 22.0 Å². The first-order chi connectivity index (χ1) is 9.56. The number of rotatable bonds is 5. The van der Waals surface area contributed by atoms with E-state index in [0.717, 1.165) is 0 Å². The second-order valence-corrected chi connectivity index (χ2v) is 5.70. The van der Waals surface area contributed by atoms with Crippen molar-refractivity contribution in [2.24, 2.45) is 0 Å². The Bertz CT molecular complexity index is 522. The Labute approximate surface area is 125 Å². The third kappa shape index (κ3) is 4.03. The molecule has 20 heavy (non-hydrogen) atoms. The number of carbonyl (C=O) groups excluding carboxylic acids is 2. The number of amides is 2. The minimum atomic E-state index is -0.410. The largest absolute Gasteiger partial charge is 0.354 e. The van der Waals surface area contributed by atoms with Crippen molar-refractivity contribution in [3.8, 4) is 0 Å². The molecule has 4 nitrogen and oxygen atoms in total. The molecule has 1 aromatic carbocycles. The smallest absolute Gasteiger partial charge is 0.242 e. The van der Waals surface area contributed by atoms with E-state index in [9.17, 15) is 14.0 Å². The van der Waals surface area contributed by atoms with Gasteiger partial charge in [0, 0.05) is 17.4 Å². The normalized spacial score (nSPS) is 17.9. The highest BCUT2D eigenvalue weighted by Gasteiger charge is 2.26. The minimum Gasteiger partial charge on any atom is -0.354 e. The molecule has 1 heterocycles. The summed E-state index contributed by atoms with van der Waals surface area (Å²) in [5.41, 5.74) is 0.636. The predicted molar refractivity (Wildman–Crippen MR) is 76.6 cm³/mol. The Morgan fingerprint density at radius 3 is 2.95 bits per heavy atom. The molecule has 0 unspecified atom stereocenters. The summed E-state index contributed by atoms with van der Waals surface area (Å²) in [4.78, 5) is 22.7. The van der Waals surface area contributed by atoms with Crippen molar-refractivity contribution in [3.05, 3.63) is 34.1 Å². The molecular formula is C14H16BrFN2O2. The highest BCUT2D eigenvalue weighted by Crippen LogP contribution is 2.16. The average molecular weight is 343 g/mol. The van der Waals surface area contributed by atoms with Crippen molar-refractivity contribution in [2.75, 3.05) is 6.54 Å². The van der Waals surface area contributed by atoms with E-state index in [-0.39, 0.29) is 17.6 Å². The van der Waals surface area contributed by atoms with Crippen molar-refractivity contribution in [1.29, 1.82) is 0 Å². The fraction of sp³-hybridized carbons (Fsp3) is 0.429. The lowest BCUT2D eigenvalue weighted by Crippen LogP contribution is -2.41. The number of nitrogens with one attached hydrogen (secondary N) is 2. The molecule has 0 spiro atoms. The lowest BCUT2D eigenvalue weighted by Gasteiger charge is -2.11. The number of hydrogen-bond donors (Lipinski definition) is 2.